The lowest BCUT2D eigenvalue weighted by Crippen LogP contribution is -2.50. The fraction of sp³-hybridized carbons (Fsp3) is 0.286. The lowest BCUT2D eigenvalue weighted by molar-refractivity contribution is 0.102. The van der Waals surface area contributed by atoms with Crippen molar-refractivity contribution in [1.82, 2.24) is 24.6 Å². The zero-order chi connectivity index (χ0) is 27.2. The molecule has 4 aromatic rings. The molecule has 1 aliphatic rings. The predicted octanol–water partition coefficient (Wildman–Crippen LogP) is 2.97. The van der Waals surface area contributed by atoms with Crippen molar-refractivity contribution in [1.29, 1.82) is 0 Å². The van der Waals surface area contributed by atoms with Crippen molar-refractivity contribution in [2.75, 3.05) is 55.3 Å². The van der Waals surface area contributed by atoms with Gasteiger partial charge in [-0.15, -0.1) is 0 Å². The van der Waals surface area contributed by atoms with Crippen LogP contribution in [0.15, 0.2) is 67.0 Å². The number of carbonyl (C=O) groups is 2. The van der Waals surface area contributed by atoms with Gasteiger partial charge in [0.1, 0.15) is 5.82 Å². The summed E-state index contributed by atoms with van der Waals surface area (Å²) in [6.07, 6.45) is 3.44. The average molecular weight is 529 g/mol. The topological polar surface area (TPSA) is 128 Å². The molecule has 3 amide bonds. The van der Waals surface area contributed by atoms with Gasteiger partial charge in [0, 0.05) is 69.3 Å². The standard InChI is InChI=1S/C28H32N8O3/c1-34-25-17-22(7-6-21(25)19-31-34)32-27(38)23-4-2-3-5-24(23)30-18-20-8-9-29-26(16-20)33-28(39)36-12-10-35(11-13-36)14-15-37/h2-9,16-17,19,30,37H,10-15,18H2,1H3,(H,32,38)(H,29,33,39). The number of hydrogen-bond donors (Lipinski definition) is 4. The van der Waals surface area contributed by atoms with E-state index in [0.29, 0.717) is 48.9 Å². The zero-order valence-electron chi connectivity index (χ0n) is 21.8. The number of carbonyl (C=O) groups excluding carboxylic acids is 2. The van der Waals surface area contributed by atoms with Gasteiger partial charge in [-0.25, -0.2) is 9.78 Å². The molecule has 0 aliphatic carbocycles. The molecule has 0 bridgehead atoms. The number of pyridine rings is 1. The van der Waals surface area contributed by atoms with E-state index in [4.69, 9.17) is 5.11 Å². The Morgan fingerprint density at radius 3 is 2.64 bits per heavy atom. The third-order valence-electron chi connectivity index (χ3n) is 6.80. The number of aliphatic hydroxyl groups is 1. The Morgan fingerprint density at radius 2 is 1.82 bits per heavy atom. The highest BCUT2D eigenvalue weighted by Gasteiger charge is 2.21. The van der Waals surface area contributed by atoms with E-state index in [0.717, 1.165) is 29.6 Å². The molecule has 11 heteroatoms. The number of aryl methyl sites for hydroxylation is 1. The number of aromatic nitrogens is 3. The lowest BCUT2D eigenvalue weighted by Gasteiger charge is -2.34. The SMILES string of the molecule is Cn1ncc2ccc(NC(=O)c3ccccc3NCc3ccnc(NC(=O)N4CCN(CCO)CC4)c3)cc21. The number of aliphatic hydroxyl groups excluding tert-OH is 1. The number of urea groups is 1. The van der Waals surface area contributed by atoms with Gasteiger partial charge in [-0.1, -0.05) is 12.1 Å². The van der Waals surface area contributed by atoms with Crippen LogP contribution < -0.4 is 16.0 Å². The van der Waals surface area contributed by atoms with Crippen LogP contribution >= 0.6 is 0 Å². The van der Waals surface area contributed by atoms with Crippen molar-refractivity contribution in [3.63, 3.8) is 0 Å². The number of benzene rings is 2. The Morgan fingerprint density at radius 1 is 1.00 bits per heavy atom. The molecule has 1 fully saturated rings. The van der Waals surface area contributed by atoms with Gasteiger partial charge in [0.2, 0.25) is 0 Å². The number of rotatable bonds is 8. The molecule has 0 spiro atoms. The molecule has 39 heavy (non-hydrogen) atoms. The third-order valence-corrected chi connectivity index (χ3v) is 6.80. The molecule has 0 unspecified atom stereocenters. The van der Waals surface area contributed by atoms with Crippen molar-refractivity contribution >= 4 is 40.0 Å². The summed E-state index contributed by atoms with van der Waals surface area (Å²) in [5.74, 6) is 0.245. The quantitative estimate of drug-likeness (QED) is 0.277. The van der Waals surface area contributed by atoms with Gasteiger partial charge in [0.25, 0.3) is 5.91 Å². The number of anilines is 3. The molecular formula is C28H32N8O3. The van der Waals surface area contributed by atoms with Gasteiger partial charge in [0.15, 0.2) is 0 Å². The first-order valence-corrected chi connectivity index (χ1v) is 12.9. The first kappa shape index (κ1) is 26.1. The highest BCUT2D eigenvalue weighted by Crippen LogP contribution is 2.22. The molecule has 2 aromatic carbocycles. The van der Waals surface area contributed by atoms with E-state index in [1.54, 1.807) is 28.0 Å². The maximum absolute atomic E-state index is 13.1. The van der Waals surface area contributed by atoms with Crippen molar-refractivity contribution in [2.24, 2.45) is 7.05 Å². The molecule has 3 heterocycles. The number of nitrogens with zero attached hydrogens (tertiary/aromatic N) is 5. The summed E-state index contributed by atoms with van der Waals surface area (Å²) in [5.41, 5.74) is 3.74. The van der Waals surface area contributed by atoms with Crippen LogP contribution in [0.3, 0.4) is 0 Å². The number of para-hydroxylation sites is 1. The number of nitrogens with one attached hydrogen (secondary N) is 3. The third kappa shape index (κ3) is 6.33. The van der Waals surface area contributed by atoms with Crippen molar-refractivity contribution < 1.29 is 14.7 Å². The fourth-order valence-corrected chi connectivity index (χ4v) is 4.61. The molecule has 0 saturated carbocycles. The molecule has 4 N–H and O–H groups in total. The zero-order valence-corrected chi connectivity index (χ0v) is 21.8. The highest BCUT2D eigenvalue weighted by molar-refractivity contribution is 6.08. The number of piperazine rings is 1. The molecule has 1 saturated heterocycles. The molecule has 1 aliphatic heterocycles. The number of hydrogen-bond acceptors (Lipinski definition) is 7. The number of amides is 3. The number of fused-ring (bicyclic) bond motifs is 1. The van der Waals surface area contributed by atoms with Crippen LogP contribution in [0.5, 0.6) is 0 Å². The summed E-state index contributed by atoms with van der Waals surface area (Å²) in [6, 6.07) is 16.5. The second-order valence-corrected chi connectivity index (χ2v) is 9.43. The minimum atomic E-state index is -0.221. The van der Waals surface area contributed by atoms with E-state index in [9.17, 15) is 9.59 Å². The van der Waals surface area contributed by atoms with Gasteiger partial charge in [-0.3, -0.25) is 19.7 Å². The summed E-state index contributed by atoms with van der Waals surface area (Å²) in [7, 11) is 1.87. The van der Waals surface area contributed by atoms with E-state index >= 15 is 0 Å². The molecule has 0 atom stereocenters. The summed E-state index contributed by atoms with van der Waals surface area (Å²) in [6.45, 7) is 3.85. The van der Waals surface area contributed by atoms with Crippen LogP contribution in [0.25, 0.3) is 10.9 Å². The minimum absolute atomic E-state index is 0.119. The van der Waals surface area contributed by atoms with Crippen molar-refractivity contribution in [2.45, 2.75) is 6.54 Å². The monoisotopic (exact) mass is 528 g/mol. The largest absolute Gasteiger partial charge is 0.395 e. The second kappa shape index (κ2) is 11.9. The molecule has 5 rings (SSSR count). The lowest BCUT2D eigenvalue weighted by atomic mass is 10.1. The summed E-state index contributed by atoms with van der Waals surface area (Å²) >= 11 is 0. The van der Waals surface area contributed by atoms with Gasteiger partial charge in [-0.2, -0.15) is 5.10 Å². The first-order valence-electron chi connectivity index (χ1n) is 12.9. The summed E-state index contributed by atoms with van der Waals surface area (Å²) in [5, 5.41) is 23.6. The van der Waals surface area contributed by atoms with E-state index in [-0.39, 0.29) is 18.5 Å². The molecule has 202 valence electrons. The van der Waals surface area contributed by atoms with E-state index in [1.807, 2.05) is 55.6 Å². The van der Waals surface area contributed by atoms with Gasteiger partial charge in [-0.05, 0) is 48.0 Å². The Hall–Kier alpha value is -4.48. The Balaban J connectivity index is 1.20. The second-order valence-electron chi connectivity index (χ2n) is 9.43. The fourth-order valence-electron chi connectivity index (χ4n) is 4.61. The maximum Gasteiger partial charge on any atom is 0.323 e. The van der Waals surface area contributed by atoms with Gasteiger partial charge >= 0.3 is 6.03 Å². The molecular weight excluding hydrogens is 496 g/mol. The van der Waals surface area contributed by atoms with Crippen LogP contribution in [0.1, 0.15) is 15.9 Å². The van der Waals surface area contributed by atoms with E-state index in [2.05, 4.69) is 30.9 Å². The van der Waals surface area contributed by atoms with Crippen molar-refractivity contribution in [3.05, 3.63) is 78.1 Å². The molecule has 2 aromatic heterocycles. The van der Waals surface area contributed by atoms with Crippen LogP contribution in [0.2, 0.25) is 0 Å². The van der Waals surface area contributed by atoms with Crippen molar-refractivity contribution in [3.8, 4) is 0 Å². The average Bonchev–Trinajstić information content (AvgIpc) is 3.32. The number of β-amino-alcohol motifs (C(OH)–C–C–N with tert-alkyl or cyclic N) is 1. The molecule has 0 radical (unpaired) electrons. The van der Waals surface area contributed by atoms with Crippen LogP contribution in [0, 0.1) is 0 Å². The van der Waals surface area contributed by atoms with Crippen LogP contribution in [0.4, 0.5) is 22.0 Å². The van der Waals surface area contributed by atoms with Crippen LogP contribution in [-0.4, -0.2) is 80.9 Å². The summed E-state index contributed by atoms with van der Waals surface area (Å²) in [4.78, 5) is 34.0. The molecule has 11 nitrogen and oxygen atoms in total. The first-order chi connectivity index (χ1) is 19.0. The normalized spacial score (nSPS) is 13.8. The van der Waals surface area contributed by atoms with E-state index < -0.39 is 0 Å². The Bertz CT molecular complexity index is 1460. The van der Waals surface area contributed by atoms with E-state index in [1.165, 1.54) is 0 Å². The highest BCUT2D eigenvalue weighted by atomic mass is 16.3. The Kier molecular flexibility index (Phi) is 7.99. The van der Waals surface area contributed by atoms with Crippen LogP contribution in [-0.2, 0) is 13.6 Å². The van der Waals surface area contributed by atoms with Gasteiger partial charge in [0.05, 0.1) is 23.9 Å². The minimum Gasteiger partial charge on any atom is -0.395 e. The Labute approximate surface area is 226 Å². The summed E-state index contributed by atoms with van der Waals surface area (Å²) < 4.78 is 1.77. The predicted molar refractivity (Wildman–Crippen MR) is 151 cm³/mol. The van der Waals surface area contributed by atoms with Gasteiger partial charge < -0.3 is 20.6 Å². The smallest absolute Gasteiger partial charge is 0.323 e. The maximum atomic E-state index is 13.1.